The summed E-state index contributed by atoms with van der Waals surface area (Å²) >= 11 is 6.18. The van der Waals surface area contributed by atoms with Crippen LogP contribution in [0.4, 0.5) is 23.1 Å². The molecule has 6 heteroatoms. The van der Waals surface area contributed by atoms with E-state index >= 15 is 0 Å². The van der Waals surface area contributed by atoms with Crippen molar-refractivity contribution in [1.82, 2.24) is 15.0 Å². The molecule has 0 bridgehead atoms. The third-order valence-electron chi connectivity index (χ3n) is 4.07. The molecule has 2 heterocycles. The van der Waals surface area contributed by atoms with Gasteiger partial charge in [0.15, 0.2) is 0 Å². The van der Waals surface area contributed by atoms with E-state index in [1.54, 1.807) is 12.4 Å². The summed E-state index contributed by atoms with van der Waals surface area (Å²) < 4.78 is 0. The van der Waals surface area contributed by atoms with Crippen LogP contribution in [-0.4, -0.2) is 15.0 Å². The number of rotatable bonds is 4. The Morgan fingerprint density at radius 1 is 0.808 bits per heavy atom. The first-order valence-corrected chi connectivity index (χ1v) is 8.54. The summed E-state index contributed by atoms with van der Waals surface area (Å²) in [4.78, 5) is 13.3. The summed E-state index contributed by atoms with van der Waals surface area (Å²) in [5, 5.41) is 8.30. The molecule has 0 aliphatic heterocycles. The molecule has 0 fully saturated rings. The lowest BCUT2D eigenvalue weighted by molar-refractivity contribution is 1.16. The van der Waals surface area contributed by atoms with E-state index in [9.17, 15) is 0 Å². The van der Waals surface area contributed by atoms with Crippen molar-refractivity contribution in [2.75, 3.05) is 10.6 Å². The Morgan fingerprint density at radius 2 is 1.62 bits per heavy atom. The highest BCUT2D eigenvalue weighted by molar-refractivity contribution is 6.31. The van der Waals surface area contributed by atoms with Crippen molar-refractivity contribution in [3.8, 4) is 0 Å². The Balaban J connectivity index is 1.62. The number of nitrogens with zero attached hydrogens (tertiary/aromatic N) is 3. The van der Waals surface area contributed by atoms with Crippen molar-refractivity contribution in [1.29, 1.82) is 0 Å². The lowest BCUT2D eigenvalue weighted by atomic mass is 10.2. The molecule has 0 saturated carbocycles. The van der Waals surface area contributed by atoms with E-state index in [2.05, 4.69) is 25.6 Å². The molecule has 0 aliphatic rings. The normalized spacial score (nSPS) is 10.7. The van der Waals surface area contributed by atoms with Gasteiger partial charge in [0.2, 0.25) is 5.95 Å². The van der Waals surface area contributed by atoms with Gasteiger partial charge in [-0.1, -0.05) is 35.9 Å². The van der Waals surface area contributed by atoms with Gasteiger partial charge in [-0.25, -0.2) is 4.98 Å². The van der Waals surface area contributed by atoms with E-state index < -0.39 is 0 Å². The second-order valence-corrected chi connectivity index (χ2v) is 6.22. The number of para-hydroxylation sites is 1. The summed E-state index contributed by atoms with van der Waals surface area (Å²) in [7, 11) is 0. The Bertz CT molecular complexity index is 1080. The number of halogens is 1. The maximum atomic E-state index is 6.18. The number of pyridine rings is 1. The fraction of sp³-hybridized carbons (Fsp3) is 0.0500. The van der Waals surface area contributed by atoms with E-state index in [1.807, 2.05) is 61.5 Å². The van der Waals surface area contributed by atoms with Crippen LogP contribution in [-0.2, 0) is 0 Å². The molecule has 0 unspecified atom stereocenters. The van der Waals surface area contributed by atoms with E-state index in [0.29, 0.717) is 16.8 Å². The number of nitrogens with one attached hydrogen (secondary N) is 2. The highest BCUT2D eigenvalue weighted by Gasteiger charge is 2.07. The van der Waals surface area contributed by atoms with Crippen molar-refractivity contribution in [3.05, 3.63) is 77.6 Å². The molecule has 4 rings (SSSR count). The van der Waals surface area contributed by atoms with Gasteiger partial charge in [-0.2, -0.15) is 4.98 Å². The predicted octanol–water partition coefficient (Wildman–Crippen LogP) is 5.47. The van der Waals surface area contributed by atoms with Crippen LogP contribution in [0.5, 0.6) is 0 Å². The van der Waals surface area contributed by atoms with E-state index in [0.717, 1.165) is 27.8 Å². The lowest BCUT2D eigenvalue weighted by Gasteiger charge is -2.12. The molecule has 0 aliphatic carbocycles. The SMILES string of the molecule is Cc1c(Cl)cccc1Nc1ccnc(Nc2cccc3cccnc23)n1. The van der Waals surface area contributed by atoms with Crippen LogP contribution in [0.3, 0.4) is 0 Å². The lowest BCUT2D eigenvalue weighted by Crippen LogP contribution is -2.02. The zero-order valence-electron chi connectivity index (χ0n) is 14.1. The van der Waals surface area contributed by atoms with Crippen LogP contribution in [0, 0.1) is 6.92 Å². The Hall–Kier alpha value is -3.18. The number of aromatic nitrogens is 3. The van der Waals surface area contributed by atoms with Crippen molar-refractivity contribution in [2.24, 2.45) is 0 Å². The number of benzene rings is 2. The standard InChI is InChI=1S/C20H16ClN5/c1-13-15(21)7-3-8-16(13)24-18-10-12-23-20(26-18)25-17-9-2-5-14-6-4-11-22-19(14)17/h2-12H,1H3,(H2,23,24,25,26). The molecule has 2 aromatic heterocycles. The van der Waals surface area contributed by atoms with Gasteiger partial charge >= 0.3 is 0 Å². The molecule has 0 amide bonds. The molecule has 2 aromatic carbocycles. The highest BCUT2D eigenvalue weighted by atomic mass is 35.5. The van der Waals surface area contributed by atoms with Gasteiger partial charge in [-0.3, -0.25) is 4.98 Å². The molecular weight excluding hydrogens is 346 g/mol. The van der Waals surface area contributed by atoms with Crippen molar-refractivity contribution < 1.29 is 0 Å². The zero-order valence-corrected chi connectivity index (χ0v) is 14.8. The summed E-state index contributed by atoms with van der Waals surface area (Å²) in [5.41, 5.74) is 3.62. The van der Waals surface area contributed by atoms with Crippen LogP contribution in [0.15, 0.2) is 67.0 Å². The maximum Gasteiger partial charge on any atom is 0.229 e. The fourth-order valence-electron chi connectivity index (χ4n) is 2.69. The summed E-state index contributed by atoms with van der Waals surface area (Å²) in [6, 6.07) is 17.4. The van der Waals surface area contributed by atoms with Gasteiger partial charge in [-0.05, 0) is 42.8 Å². The average Bonchev–Trinajstić information content (AvgIpc) is 2.66. The number of hydrogen-bond donors (Lipinski definition) is 2. The second-order valence-electron chi connectivity index (χ2n) is 5.81. The third kappa shape index (κ3) is 3.30. The van der Waals surface area contributed by atoms with Crippen LogP contribution in [0.25, 0.3) is 10.9 Å². The first-order chi connectivity index (χ1) is 12.7. The van der Waals surface area contributed by atoms with Crippen LogP contribution in [0.1, 0.15) is 5.56 Å². The minimum absolute atomic E-state index is 0.493. The topological polar surface area (TPSA) is 62.7 Å². The molecule has 26 heavy (non-hydrogen) atoms. The zero-order chi connectivity index (χ0) is 17.9. The predicted molar refractivity (Wildman–Crippen MR) is 107 cm³/mol. The minimum atomic E-state index is 0.493. The molecule has 5 nitrogen and oxygen atoms in total. The average molecular weight is 362 g/mol. The van der Waals surface area contributed by atoms with E-state index in [1.165, 1.54) is 0 Å². The monoisotopic (exact) mass is 361 g/mol. The van der Waals surface area contributed by atoms with Crippen molar-refractivity contribution in [3.63, 3.8) is 0 Å². The minimum Gasteiger partial charge on any atom is -0.340 e. The van der Waals surface area contributed by atoms with Gasteiger partial charge in [0, 0.05) is 28.5 Å². The molecular formula is C20H16ClN5. The molecule has 0 spiro atoms. The molecule has 2 N–H and O–H groups in total. The molecule has 128 valence electrons. The van der Waals surface area contributed by atoms with Gasteiger partial charge in [-0.15, -0.1) is 0 Å². The second kappa shape index (κ2) is 6.98. The van der Waals surface area contributed by atoms with Gasteiger partial charge in [0.1, 0.15) is 5.82 Å². The molecule has 0 saturated heterocycles. The Labute approximate surface area is 156 Å². The first-order valence-electron chi connectivity index (χ1n) is 8.17. The fourth-order valence-corrected chi connectivity index (χ4v) is 2.87. The smallest absolute Gasteiger partial charge is 0.229 e. The van der Waals surface area contributed by atoms with Crippen LogP contribution >= 0.6 is 11.6 Å². The van der Waals surface area contributed by atoms with E-state index in [4.69, 9.17) is 11.6 Å². The quantitative estimate of drug-likeness (QED) is 0.504. The molecule has 4 aromatic rings. The summed E-state index contributed by atoms with van der Waals surface area (Å²) in [5.74, 6) is 1.17. The highest BCUT2D eigenvalue weighted by Crippen LogP contribution is 2.27. The largest absolute Gasteiger partial charge is 0.340 e. The van der Waals surface area contributed by atoms with Gasteiger partial charge < -0.3 is 10.6 Å². The Morgan fingerprint density at radius 3 is 2.54 bits per heavy atom. The summed E-state index contributed by atoms with van der Waals surface area (Å²) in [6.07, 6.45) is 3.48. The van der Waals surface area contributed by atoms with Crippen molar-refractivity contribution >= 4 is 45.6 Å². The first kappa shape index (κ1) is 16.3. The van der Waals surface area contributed by atoms with Crippen LogP contribution in [0.2, 0.25) is 5.02 Å². The van der Waals surface area contributed by atoms with E-state index in [-0.39, 0.29) is 0 Å². The number of hydrogen-bond acceptors (Lipinski definition) is 5. The summed E-state index contributed by atoms with van der Waals surface area (Å²) in [6.45, 7) is 1.97. The molecule has 0 radical (unpaired) electrons. The van der Waals surface area contributed by atoms with Gasteiger partial charge in [0.25, 0.3) is 0 Å². The van der Waals surface area contributed by atoms with Crippen LogP contribution < -0.4 is 10.6 Å². The maximum absolute atomic E-state index is 6.18. The van der Waals surface area contributed by atoms with Crippen molar-refractivity contribution in [2.45, 2.75) is 6.92 Å². The van der Waals surface area contributed by atoms with Gasteiger partial charge in [0.05, 0.1) is 11.2 Å². The number of fused-ring (bicyclic) bond motifs is 1. The third-order valence-corrected chi connectivity index (χ3v) is 4.47. The molecule has 0 atom stereocenters. The Kier molecular flexibility index (Phi) is 4.37. The number of anilines is 4.